The Labute approximate surface area is 94.1 Å². The van der Waals surface area contributed by atoms with E-state index < -0.39 is 11.6 Å². The highest BCUT2D eigenvalue weighted by molar-refractivity contribution is 5.19. The summed E-state index contributed by atoms with van der Waals surface area (Å²) in [5.74, 6) is -1.68. The summed E-state index contributed by atoms with van der Waals surface area (Å²) in [7, 11) is 0. The molecule has 16 heavy (non-hydrogen) atoms. The molecule has 0 aliphatic heterocycles. The zero-order chi connectivity index (χ0) is 12.1. The minimum absolute atomic E-state index is 0.113. The molecule has 0 saturated heterocycles. The predicted octanol–water partition coefficient (Wildman–Crippen LogP) is 2.70. The first kappa shape index (κ1) is 12.6. The van der Waals surface area contributed by atoms with Crippen LogP contribution in [0.4, 0.5) is 8.78 Å². The quantitative estimate of drug-likeness (QED) is 0.735. The van der Waals surface area contributed by atoms with Crippen LogP contribution in [-0.4, -0.2) is 17.5 Å². The van der Waals surface area contributed by atoms with Gasteiger partial charge in [0.15, 0.2) is 11.6 Å². The molecule has 0 aliphatic carbocycles. The van der Waals surface area contributed by atoms with Crippen LogP contribution < -0.4 is 0 Å². The van der Waals surface area contributed by atoms with Crippen LogP contribution >= 0.6 is 0 Å². The zero-order valence-corrected chi connectivity index (χ0v) is 9.37. The van der Waals surface area contributed by atoms with E-state index in [4.69, 9.17) is 5.26 Å². The van der Waals surface area contributed by atoms with E-state index >= 15 is 0 Å². The van der Waals surface area contributed by atoms with E-state index in [2.05, 4.69) is 0 Å². The Hall–Kier alpha value is -1.47. The summed E-state index contributed by atoms with van der Waals surface area (Å²) in [6, 6.07) is 6.22. The SMILES string of the molecule is CC(C)N(CC#N)Cc1cccc(F)c1F. The van der Waals surface area contributed by atoms with Crippen molar-refractivity contribution in [1.82, 2.24) is 4.90 Å². The molecule has 0 unspecified atom stereocenters. The number of nitriles is 1. The highest BCUT2D eigenvalue weighted by Crippen LogP contribution is 2.14. The van der Waals surface area contributed by atoms with Crippen molar-refractivity contribution in [3.05, 3.63) is 35.4 Å². The van der Waals surface area contributed by atoms with Crippen molar-refractivity contribution in [2.24, 2.45) is 0 Å². The molecule has 0 radical (unpaired) electrons. The third-order valence-electron chi connectivity index (χ3n) is 2.41. The van der Waals surface area contributed by atoms with Gasteiger partial charge in [-0.1, -0.05) is 12.1 Å². The largest absolute Gasteiger partial charge is 0.284 e. The van der Waals surface area contributed by atoms with Gasteiger partial charge in [-0.25, -0.2) is 8.78 Å². The Morgan fingerprint density at radius 2 is 2.06 bits per heavy atom. The first-order valence-corrected chi connectivity index (χ1v) is 5.10. The molecular weight excluding hydrogens is 210 g/mol. The standard InChI is InChI=1S/C12H14F2N2/c1-9(2)16(7-6-15)8-10-4-3-5-11(13)12(10)14/h3-5,9H,7-8H2,1-2H3. The van der Waals surface area contributed by atoms with E-state index in [1.165, 1.54) is 12.1 Å². The van der Waals surface area contributed by atoms with E-state index in [0.29, 0.717) is 0 Å². The molecule has 0 amide bonds. The second-order valence-corrected chi connectivity index (χ2v) is 3.87. The van der Waals surface area contributed by atoms with Crippen molar-refractivity contribution in [3.8, 4) is 6.07 Å². The summed E-state index contributed by atoms with van der Waals surface area (Å²) in [4.78, 5) is 1.78. The number of nitrogens with zero attached hydrogens (tertiary/aromatic N) is 2. The van der Waals surface area contributed by atoms with Gasteiger partial charge in [-0.2, -0.15) is 5.26 Å². The van der Waals surface area contributed by atoms with Crippen LogP contribution in [-0.2, 0) is 6.54 Å². The normalized spacial score (nSPS) is 10.8. The number of hydrogen-bond acceptors (Lipinski definition) is 2. The Morgan fingerprint density at radius 1 is 1.38 bits per heavy atom. The summed E-state index contributed by atoms with van der Waals surface area (Å²) in [6.45, 7) is 4.27. The van der Waals surface area contributed by atoms with Gasteiger partial charge in [0, 0.05) is 18.2 Å². The number of hydrogen-bond donors (Lipinski definition) is 0. The van der Waals surface area contributed by atoms with Crippen LogP contribution in [0.15, 0.2) is 18.2 Å². The van der Waals surface area contributed by atoms with Gasteiger partial charge in [0.2, 0.25) is 0 Å². The lowest BCUT2D eigenvalue weighted by molar-refractivity contribution is 0.236. The number of benzene rings is 1. The molecule has 0 saturated carbocycles. The molecule has 0 aromatic heterocycles. The van der Waals surface area contributed by atoms with Crippen LogP contribution in [0.5, 0.6) is 0 Å². The third-order valence-corrected chi connectivity index (χ3v) is 2.41. The van der Waals surface area contributed by atoms with Gasteiger partial charge in [0.05, 0.1) is 12.6 Å². The van der Waals surface area contributed by atoms with E-state index in [9.17, 15) is 8.78 Å². The van der Waals surface area contributed by atoms with Crippen molar-refractivity contribution in [1.29, 1.82) is 5.26 Å². The second kappa shape index (κ2) is 5.57. The highest BCUT2D eigenvalue weighted by atomic mass is 19.2. The van der Waals surface area contributed by atoms with Gasteiger partial charge < -0.3 is 0 Å². The number of halogens is 2. The molecule has 0 atom stereocenters. The molecular formula is C12H14F2N2. The van der Waals surface area contributed by atoms with Crippen LogP contribution in [0.1, 0.15) is 19.4 Å². The Kier molecular flexibility index (Phi) is 4.39. The van der Waals surface area contributed by atoms with Gasteiger partial charge in [-0.3, -0.25) is 4.90 Å². The fourth-order valence-corrected chi connectivity index (χ4v) is 1.40. The second-order valence-electron chi connectivity index (χ2n) is 3.87. The Balaban J connectivity index is 2.86. The van der Waals surface area contributed by atoms with Gasteiger partial charge in [0.25, 0.3) is 0 Å². The van der Waals surface area contributed by atoms with E-state index in [1.807, 2.05) is 19.9 Å². The monoisotopic (exact) mass is 224 g/mol. The molecule has 0 heterocycles. The molecule has 0 aliphatic rings. The fraction of sp³-hybridized carbons (Fsp3) is 0.417. The molecule has 86 valence electrons. The topological polar surface area (TPSA) is 27.0 Å². The summed E-state index contributed by atoms with van der Waals surface area (Å²) < 4.78 is 26.3. The summed E-state index contributed by atoms with van der Waals surface area (Å²) in [5.41, 5.74) is 0.281. The molecule has 0 N–H and O–H groups in total. The maximum absolute atomic E-state index is 13.4. The zero-order valence-electron chi connectivity index (χ0n) is 9.37. The fourth-order valence-electron chi connectivity index (χ4n) is 1.40. The van der Waals surface area contributed by atoms with Crippen molar-refractivity contribution < 1.29 is 8.78 Å². The molecule has 4 heteroatoms. The van der Waals surface area contributed by atoms with Gasteiger partial charge in [-0.15, -0.1) is 0 Å². The molecule has 2 nitrogen and oxygen atoms in total. The Bertz CT molecular complexity index is 396. The minimum Gasteiger partial charge on any atom is -0.284 e. The lowest BCUT2D eigenvalue weighted by Crippen LogP contribution is -2.31. The highest BCUT2D eigenvalue weighted by Gasteiger charge is 2.14. The van der Waals surface area contributed by atoms with Gasteiger partial charge in [-0.05, 0) is 19.9 Å². The smallest absolute Gasteiger partial charge is 0.163 e. The van der Waals surface area contributed by atoms with Crippen molar-refractivity contribution in [3.63, 3.8) is 0 Å². The summed E-state index contributed by atoms with van der Waals surface area (Å²) in [6.07, 6.45) is 0. The van der Waals surface area contributed by atoms with E-state index in [1.54, 1.807) is 4.90 Å². The van der Waals surface area contributed by atoms with E-state index in [-0.39, 0.29) is 24.7 Å². The molecule has 0 fully saturated rings. The van der Waals surface area contributed by atoms with Crippen molar-refractivity contribution >= 4 is 0 Å². The van der Waals surface area contributed by atoms with Crippen LogP contribution in [0, 0.1) is 23.0 Å². The maximum Gasteiger partial charge on any atom is 0.163 e. The van der Waals surface area contributed by atoms with Gasteiger partial charge in [0.1, 0.15) is 0 Å². The first-order chi connectivity index (χ1) is 7.56. The maximum atomic E-state index is 13.4. The number of rotatable bonds is 4. The van der Waals surface area contributed by atoms with Gasteiger partial charge >= 0.3 is 0 Å². The Morgan fingerprint density at radius 3 is 2.62 bits per heavy atom. The van der Waals surface area contributed by atoms with Crippen LogP contribution in [0.25, 0.3) is 0 Å². The average Bonchev–Trinajstić information content (AvgIpc) is 2.23. The van der Waals surface area contributed by atoms with Crippen LogP contribution in [0.2, 0.25) is 0 Å². The molecule has 1 aromatic rings. The predicted molar refractivity (Wildman–Crippen MR) is 57.5 cm³/mol. The summed E-state index contributed by atoms with van der Waals surface area (Å²) >= 11 is 0. The molecule has 1 aromatic carbocycles. The van der Waals surface area contributed by atoms with Crippen molar-refractivity contribution in [2.45, 2.75) is 26.4 Å². The van der Waals surface area contributed by atoms with Crippen LogP contribution in [0.3, 0.4) is 0 Å². The lowest BCUT2D eigenvalue weighted by Gasteiger charge is -2.23. The average molecular weight is 224 g/mol. The molecule has 0 bridgehead atoms. The minimum atomic E-state index is -0.849. The molecule has 0 spiro atoms. The third kappa shape index (κ3) is 3.01. The summed E-state index contributed by atoms with van der Waals surface area (Å²) in [5, 5.41) is 8.63. The lowest BCUT2D eigenvalue weighted by atomic mass is 10.1. The first-order valence-electron chi connectivity index (χ1n) is 5.10. The van der Waals surface area contributed by atoms with Crippen molar-refractivity contribution in [2.75, 3.05) is 6.54 Å². The molecule has 1 rings (SSSR count). The van der Waals surface area contributed by atoms with E-state index in [0.717, 1.165) is 6.07 Å².